The maximum absolute atomic E-state index is 12.7. The summed E-state index contributed by atoms with van der Waals surface area (Å²) in [5.41, 5.74) is -1.04. The summed E-state index contributed by atoms with van der Waals surface area (Å²) >= 11 is 0. The first kappa shape index (κ1) is 13.3. The minimum absolute atomic E-state index is 0.0353. The molecule has 0 aromatic carbocycles. The quantitative estimate of drug-likeness (QED) is 0.538. The molecule has 0 fully saturated rings. The van der Waals surface area contributed by atoms with Crippen LogP contribution in [0.2, 0.25) is 0 Å². The number of nitrogens with zero attached hydrogens (tertiary/aromatic N) is 1. The van der Waals surface area contributed by atoms with Gasteiger partial charge in [0.2, 0.25) is 0 Å². The highest BCUT2D eigenvalue weighted by atomic mass is 19.4. The van der Waals surface area contributed by atoms with Crippen LogP contribution in [0.25, 0.3) is 0 Å². The molecule has 18 heavy (non-hydrogen) atoms. The molecule has 0 saturated carbocycles. The van der Waals surface area contributed by atoms with Crippen molar-refractivity contribution in [1.82, 2.24) is 10.2 Å². The molecule has 0 aromatic rings. The molecule has 0 aliphatic carbocycles. The van der Waals surface area contributed by atoms with Crippen molar-refractivity contribution >= 4 is 0 Å². The predicted molar refractivity (Wildman–Crippen MR) is 51.4 cm³/mol. The summed E-state index contributed by atoms with van der Waals surface area (Å²) in [6.07, 6.45) is -9.20. The van der Waals surface area contributed by atoms with Crippen molar-refractivity contribution in [3.8, 4) is 0 Å². The van der Waals surface area contributed by atoms with Crippen molar-refractivity contribution in [2.24, 2.45) is 0 Å². The van der Waals surface area contributed by atoms with Gasteiger partial charge >= 0.3 is 12.5 Å². The third kappa shape index (κ3) is 2.47. The minimum Gasteiger partial charge on any atom is -0.312 e. The number of hydrogen-bond acceptors (Lipinski definition) is 2. The molecule has 0 radical (unpaired) electrons. The van der Waals surface area contributed by atoms with Crippen LogP contribution in [0, 0.1) is 0 Å². The van der Waals surface area contributed by atoms with Crippen LogP contribution in [0.15, 0.2) is 22.9 Å². The van der Waals surface area contributed by atoms with Crippen LogP contribution in [0.4, 0.5) is 26.3 Å². The number of alkyl halides is 6. The number of hydrogen-bond donors (Lipinski definition) is 1. The van der Waals surface area contributed by atoms with E-state index < -0.39 is 24.6 Å². The van der Waals surface area contributed by atoms with E-state index >= 15 is 0 Å². The van der Waals surface area contributed by atoms with Gasteiger partial charge in [-0.05, 0) is 24.1 Å². The maximum atomic E-state index is 12.7. The summed E-state index contributed by atoms with van der Waals surface area (Å²) in [5.74, 6) is 0. The highest BCUT2D eigenvalue weighted by molar-refractivity contribution is 5.44. The van der Waals surface area contributed by atoms with E-state index in [9.17, 15) is 26.3 Å². The lowest BCUT2D eigenvalue weighted by molar-refractivity contribution is -0.226. The van der Waals surface area contributed by atoms with E-state index in [-0.39, 0.29) is 35.2 Å². The van der Waals surface area contributed by atoms with Gasteiger partial charge in [-0.1, -0.05) is 0 Å². The molecule has 0 unspecified atom stereocenters. The molecule has 1 N–H and O–H groups in total. The molecule has 0 bridgehead atoms. The summed E-state index contributed by atoms with van der Waals surface area (Å²) in [7, 11) is 0. The Bertz CT molecular complexity index is 404. The lowest BCUT2D eigenvalue weighted by atomic mass is 9.92. The highest BCUT2D eigenvalue weighted by Gasteiger charge is 2.45. The monoisotopic (exact) mass is 272 g/mol. The second-order valence-electron chi connectivity index (χ2n) is 4.15. The van der Waals surface area contributed by atoms with Gasteiger partial charge in [0.15, 0.2) is 0 Å². The first-order valence-corrected chi connectivity index (χ1v) is 5.24. The maximum Gasteiger partial charge on any atom is 0.484 e. The minimum atomic E-state index is -4.79. The van der Waals surface area contributed by atoms with Crippen molar-refractivity contribution in [1.29, 1.82) is 0 Å². The van der Waals surface area contributed by atoms with E-state index in [4.69, 9.17) is 0 Å². The lowest BCUT2D eigenvalue weighted by Gasteiger charge is -2.35. The van der Waals surface area contributed by atoms with E-state index in [2.05, 4.69) is 5.32 Å². The summed E-state index contributed by atoms with van der Waals surface area (Å²) in [4.78, 5) is -0.208. The largest absolute Gasteiger partial charge is 0.484 e. The molecule has 0 aromatic heterocycles. The van der Waals surface area contributed by atoms with Crippen molar-refractivity contribution in [2.75, 3.05) is 19.6 Å². The fourth-order valence-corrected chi connectivity index (χ4v) is 2.08. The van der Waals surface area contributed by atoms with E-state index in [1.165, 1.54) is 0 Å². The SMILES string of the molecule is FC(F)(F)C1=CN(C(F)(F)F)CC2=C1CNCC2. The Hall–Kier alpha value is -1.18. The van der Waals surface area contributed by atoms with Gasteiger partial charge < -0.3 is 5.32 Å². The molecule has 0 saturated heterocycles. The standard InChI is InChI=1S/C10H10F6N2/c11-9(12,13)8-5-18(10(14,15)16)4-6-1-2-17-3-7(6)8/h5,17H,1-4H2. The predicted octanol–water partition coefficient (Wildman–Crippen LogP) is 2.56. The van der Waals surface area contributed by atoms with Gasteiger partial charge in [0.05, 0.1) is 5.57 Å². The Balaban J connectivity index is 2.41. The van der Waals surface area contributed by atoms with Crippen molar-refractivity contribution in [2.45, 2.75) is 18.9 Å². The Morgan fingerprint density at radius 2 is 1.78 bits per heavy atom. The topological polar surface area (TPSA) is 15.3 Å². The molecule has 0 spiro atoms. The van der Waals surface area contributed by atoms with Crippen molar-refractivity contribution in [3.05, 3.63) is 22.9 Å². The zero-order chi connectivity index (χ0) is 13.6. The molecule has 2 heterocycles. The fraction of sp³-hybridized carbons (Fsp3) is 0.600. The molecule has 2 rings (SSSR count). The van der Waals surface area contributed by atoms with E-state index in [0.717, 1.165) is 0 Å². The fourth-order valence-electron chi connectivity index (χ4n) is 2.08. The van der Waals surface area contributed by atoms with E-state index in [1.807, 2.05) is 0 Å². The molecule has 102 valence electrons. The van der Waals surface area contributed by atoms with Crippen LogP contribution in [0.1, 0.15) is 6.42 Å². The van der Waals surface area contributed by atoms with E-state index in [1.54, 1.807) is 0 Å². The van der Waals surface area contributed by atoms with Crippen molar-refractivity contribution in [3.63, 3.8) is 0 Å². The summed E-state index contributed by atoms with van der Waals surface area (Å²) in [6, 6.07) is 0. The second kappa shape index (κ2) is 4.18. The van der Waals surface area contributed by atoms with Crippen LogP contribution in [-0.2, 0) is 0 Å². The van der Waals surface area contributed by atoms with Gasteiger partial charge in [0.25, 0.3) is 0 Å². The Morgan fingerprint density at radius 3 is 2.33 bits per heavy atom. The smallest absolute Gasteiger partial charge is 0.312 e. The Morgan fingerprint density at radius 1 is 1.11 bits per heavy atom. The van der Waals surface area contributed by atoms with Crippen LogP contribution < -0.4 is 5.32 Å². The zero-order valence-electron chi connectivity index (χ0n) is 9.12. The summed E-state index contributed by atoms with van der Waals surface area (Å²) in [6.45, 7) is -0.151. The molecular formula is C10H10F6N2. The molecule has 0 atom stereocenters. The molecule has 2 aliphatic rings. The molecule has 0 amide bonds. The van der Waals surface area contributed by atoms with Gasteiger partial charge in [-0.3, -0.25) is 4.90 Å². The van der Waals surface area contributed by atoms with Crippen LogP contribution in [0.3, 0.4) is 0 Å². The van der Waals surface area contributed by atoms with Gasteiger partial charge in [0.1, 0.15) is 0 Å². The van der Waals surface area contributed by atoms with Crippen LogP contribution >= 0.6 is 0 Å². The normalized spacial score (nSPS) is 21.9. The second-order valence-corrected chi connectivity index (χ2v) is 4.15. The van der Waals surface area contributed by atoms with Gasteiger partial charge in [-0.25, -0.2) is 0 Å². The number of nitrogens with one attached hydrogen (secondary N) is 1. The summed E-state index contributed by atoms with van der Waals surface area (Å²) < 4.78 is 75.9. The van der Waals surface area contributed by atoms with Crippen LogP contribution in [0.5, 0.6) is 0 Å². The molecule has 8 heteroatoms. The lowest BCUT2D eigenvalue weighted by Crippen LogP contribution is -2.42. The first-order chi connectivity index (χ1) is 8.19. The molecule has 2 nitrogen and oxygen atoms in total. The Labute approximate surface area is 98.9 Å². The third-order valence-corrected chi connectivity index (χ3v) is 2.93. The number of rotatable bonds is 0. The van der Waals surface area contributed by atoms with E-state index in [0.29, 0.717) is 6.54 Å². The number of halogens is 6. The summed E-state index contributed by atoms with van der Waals surface area (Å²) in [5, 5.41) is 2.74. The molecule has 2 aliphatic heterocycles. The Kier molecular flexibility index (Phi) is 3.08. The van der Waals surface area contributed by atoms with Gasteiger partial charge in [0, 0.05) is 19.3 Å². The van der Waals surface area contributed by atoms with Gasteiger partial charge in [-0.15, -0.1) is 0 Å². The van der Waals surface area contributed by atoms with Crippen molar-refractivity contribution < 1.29 is 26.3 Å². The third-order valence-electron chi connectivity index (χ3n) is 2.93. The first-order valence-electron chi connectivity index (χ1n) is 5.24. The average Bonchev–Trinajstić information content (AvgIpc) is 2.25. The zero-order valence-corrected chi connectivity index (χ0v) is 9.12. The van der Waals surface area contributed by atoms with Crippen LogP contribution in [-0.4, -0.2) is 37.0 Å². The van der Waals surface area contributed by atoms with Gasteiger partial charge in [-0.2, -0.15) is 26.3 Å². The molecular weight excluding hydrogens is 262 g/mol. The average molecular weight is 272 g/mol. The highest BCUT2D eigenvalue weighted by Crippen LogP contribution is 2.39.